The van der Waals surface area contributed by atoms with Crippen LogP contribution in [0.25, 0.3) is 56.2 Å². The van der Waals surface area contributed by atoms with E-state index in [0.29, 0.717) is 11.5 Å². The van der Waals surface area contributed by atoms with Crippen molar-refractivity contribution in [2.45, 2.75) is 0 Å². The molecule has 0 radical (unpaired) electrons. The van der Waals surface area contributed by atoms with Gasteiger partial charge in [0.25, 0.3) is 0 Å². The molecule has 5 aromatic carbocycles. The van der Waals surface area contributed by atoms with Gasteiger partial charge in [0.1, 0.15) is 5.82 Å². The van der Waals surface area contributed by atoms with Gasteiger partial charge in [-0.2, -0.15) is 0 Å². The quantitative estimate of drug-likeness (QED) is 0.234. The normalized spacial score (nSPS) is 10.8. The summed E-state index contributed by atoms with van der Waals surface area (Å²) in [5, 5.41) is 0. The highest BCUT2D eigenvalue weighted by Gasteiger charge is 2.17. The first-order valence-corrected chi connectivity index (χ1v) is 12.9. The highest BCUT2D eigenvalue weighted by Crippen LogP contribution is 2.37. The predicted octanol–water partition coefficient (Wildman–Crippen LogP) is 8.76. The lowest BCUT2D eigenvalue weighted by atomic mass is 9.99. The first-order chi connectivity index (χ1) is 19.2. The fourth-order valence-electron chi connectivity index (χ4n) is 4.82. The summed E-state index contributed by atoms with van der Waals surface area (Å²) >= 11 is 0. The van der Waals surface area contributed by atoms with Gasteiger partial charge in [0.05, 0.1) is 25.6 Å². The van der Waals surface area contributed by atoms with Crippen LogP contribution < -0.4 is 9.47 Å². The summed E-state index contributed by atoms with van der Waals surface area (Å²) in [5.41, 5.74) is 9.61. The van der Waals surface area contributed by atoms with E-state index in [1.165, 1.54) is 22.3 Å². The molecule has 1 aromatic heterocycles. The average Bonchev–Trinajstić information content (AvgIpc) is 3.47. The van der Waals surface area contributed by atoms with E-state index < -0.39 is 0 Å². The summed E-state index contributed by atoms with van der Waals surface area (Å²) in [6.45, 7) is 0. The van der Waals surface area contributed by atoms with Crippen molar-refractivity contribution in [1.82, 2.24) is 9.97 Å². The largest absolute Gasteiger partial charge is 0.493 e. The van der Waals surface area contributed by atoms with Crippen LogP contribution in [-0.4, -0.2) is 24.2 Å². The Labute approximate surface area is 228 Å². The predicted molar refractivity (Wildman–Crippen MR) is 159 cm³/mol. The summed E-state index contributed by atoms with van der Waals surface area (Å²) in [7, 11) is 3.28. The number of ether oxygens (including phenoxy) is 2. The highest BCUT2D eigenvalue weighted by molar-refractivity contribution is 5.83. The van der Waals surface area contributed by atoms with Crippen molar-refractivity contribution in [2.24, 2.45) is 0 Å². The zero-order chi connectivity index (χ0) is 26.6. The Hall–Kier alpha value is -5.09. The molecule has 0 atom stereocenters. The topological polar surface area (TPSA) is 47.1 Å². The molecule has 0 aliphatic carbocycles. The lowest BCUT2D eigenvalue weighted by molar-refractivity contribution is 0.355. The second-order valence-electron chi connectivity index (χ2n) is 9.27. The first kappa shape index (κ1) is 24.3. The molecule has 1 heterocycles. The first-order valence-electron chi connectivity index (χ1n) is 12.9. The number of rotatable bonds is 7. The number of nitrogens with zero attached hydrogens (tertiary/aromatic N) is 1. The fourth-order valence-corrected chi connectivity index (χ4v) is 4.82. The van der Waals surface area contributed by atoms with Gasteiger partial charge in [-0.15, -0.1) is 0 Å². The van der Waals surface area contributed by atoms with E-state index in [9.17, 15) is 0 Å². The lowest BCUT2D eigenvalue weighted by Gasteiger charge is -2.08. The maximum Gasteiger partial charge on any atom is 0.161 e. The number of imidazole rings is 1. The van der Waals surface area contributed by atoms with Crippen LogP contribution in [0.15, 0.2) is 127 Å². The molecule has 6 aromatic rings. The maximum absolute atomic E-state index is 5.55. The summed E-state index contributed by atoms with van der Waals surface area (Å²) < 4.78 is 11.0. The zero-order valence-electron chi connectivity index (χ0n) is 21.9. The van der Waals surface area contributed by atoms with Crippen LogP contribution in [-0.2, 0) is 0 Å². The van der Waals surface area contributed by atoms with Gasteiger partial charge in [0, 0.05) is 16.7 Å². The monoisotopic (exact) mass is 508 g/mol. The molecule has 0 spiro atoms. The van der Waals surface area contributed by atoms with Crippen LogP contribution in [0.5, 0.6) is 11.5 Å². The Morgan fingerprint density at radius 1 is 0.462 bits per heavy atom. The third-order valence-electron chi connectivity index (χ3n) is 6.91. The Morgan fingerprint density at radius 3 is 1.46 bits per heavy atom. The molecule has 0 bridgehead atoms. The van der Waals surface area contributed by atoms with Gasteiger partial charge in [-0.1, -0.05) is 109 Å². The highest BCUT2D eigenvalue weighted by atomic mass is 16.5. The van der Waals surface area contributed by atoms with Gasteiger partial charge in [-0.25, -0.2) is 4.98 Å². The minimum absolute atomic E-state index is 0.661. The van der Waals surface area contributed by atoms with Crippen molar-refractivity contribution in [3.05, 3.63) is 127 Å². The van der Waals surface area contributed by atoms with Gasteiger partial charge >= 0.3 is 0 Å². The fraction of sp³-hybridized carbons (Fsp3) is 0.0571. The molecule has 0 amide bonds. The number of H-pyrrole nitrogens is 1. The smallest absolute Gasteiger partial charge is 0.161 e. The summed E-state index contributed by atoms with van der Waals surface area (Å²) in [6, 6.07) is 43.8. The molecule has 1 N–H and O–H groups in total. The Bertz CT molecular complexity index is 1590. The number of methoxy groups -OCH3 is 2. The van der Waals surface area contributed by atoms with Gasteiger partial charge in [0.2, 0.25) is 0 Å². The second kappa shape index (κ2) is 10.7. The van der Waals surface area contributed by atoms with Crippen molar-refractivity contribution in [3.63, 3.8) is 0 Å². The van der Waals surface area contributed by atoms with Crippen LogP contribution in [0.1, 0.15) is 0 Å². The number of aromatic nitrogens is 2. The SMILES string of the molecule is COc1ccc(-c2nc(-c3ccc(-c4ccccc4)cc3)c(-c3ccc(-c4ccccc4)cc3)[nH]2)cc1OC. The third-order valence-corrected chi connectivity index (χ3v) is 6.91. The van der Waals surface area contributed by atoms with Crippen LogP contribution in [0.4, 0.5) is 0 Å². The molecule has 4 heteroatoms. The third kappa shape index (κ3) is 4.92. The van der Waals surface area contributed by atoms with Gasteiger partial charge in [-0.05, 0) is 40.5 Å². The van der Waals surface area contributed by atoms with E-state index in [-0.39, 0.29) is 0 Å². The van der Waals surface area contributed by atoms with E-state index in [1.807, 2.05) is 30.3 Å². The Balaban J connectivity index is 1.44. The van der Waals surface area contributed by atoms with Crippen LogP contribution in [0.3, 0.4) is 0 Å². The van der Waals surface area contributed by atoms with Crippen molar-refractivity contribution in [1.29, 1.82) is 0 Å². The van der Waals surface area contributed by atoms with E-state index in [0.717, 1.165) is 33.9 Å². The molecule has 0 aliphatic heterocycles. The number of aromatic amines is 1. The van der Waals surface area contributed by atoms with E-state index in [1.54, 1.807) is 14.2 Å². The number of hydrogen-bond acceptors (Lipinski definition) is 3. The number of nitrogens with one attached hydrogen (secondary N) is 1. The molecule has 6 rings (SSSR count). The average molecular weight is 509 g/mol. The van der Waals surface area contributed by atoms with Crippen LogP contribution in [0, 0.1) is 0 Å². The molecule has 0 saturated carbocycles. The number of benzene rings is 5. The molecule has 190 valence electrons. The van der Waals surface area contributed by atoms with E-state index in [4.69, 9.17) is 14.5 Å². The van der Waals surface area contributed by atoms with Crippen LogP contribution in [0.2, 0.25) is 0 Å². The molecule has 0 saturated heterocycles. The summed E-state index contributed by atoms with van der Waals surface area (Å²) in [6.07, 6.45) is 0. The molecule has 0 fully saturated rings. The van der Waals surface area contributed by atoms with Gasteiger partial charge in [0.15, 0.2) is 11.5 Å². The standard InChI is InChI=1S/C35H28N2O2/c1-38-31-22-21-30(23-32(31)39-2)35-36-33(28-17-13-26(14-18-28)24-9-5-3-6-10-24)34(37-35)29-19-15-27(16-20-29)25-11-7-4-8-12-25/h3-23H,1-2H3,(H,36,37). The number of hydrogen-bond donors (Lipinski definition) is 1. The van der Waals surface area contributed by atoms with E-state index >= 15 is 0 Å². The van der Waals surface area contributed by atoms with Crippen molar-refractivity contribution < 1.29 is 9.47 Å². The van der Waals surface area contributed by atoms with Crippen LogP contribution >= 0.6 is 0 Å². The second-order valence-corrected chi connectivity index (χ2v) is 9.27. The minimum atomic E-state index is 0.661. The zero-order valence-corrected chi connectivity index (χ0v) is 21.9. The van der Waals surface area contributed by atoms with Gasteiger partial charge in [-0.3, -0.25) is 0 Å². The molecule has 0 aliphatic rings. The maximum atomic E-state index is 5.55. The molecular formula is C35H28N2O2. The lowest BCUT2D eigenvalue weighted by Crippen LogP contribution is -1.91. The molecule has 4 nitrogen and oxygen atoms in total. The molecule has 39 heavy (non-hydrogen) atoms. The Kier molecular flexibility index (Phi) is 6.67. The molecule has 0 unspecified atom stereocenters. The van der Waals surface area contributed by atoms with E-state index in [2.05, 4.69) is 102 Å². The summed E-state index contributed by atoms with van der Waals surface area (Å²) in [4.78, 5) is 8.69. The van der Waals surface area contributed by atoms with Crippen molar-refractivity contribution >= 4 is 0 Å². The molecular weight excluding hydrogens is 480 g/mol. The van der Waals surface area contributed by atoms with Crippen molar-refractivity contribution in [3.8, 4) is 67.7 Å². The summed E-state index contributed by atoms with van der Waals surface area (Å²) in [5.74, 6) is 2.11. The minimum Gasteiger partial charge on any atom is -0.493 e. The van der Waals surface area contributed by atoms with Gasteiger partial charge < -0.3 is 14.5 Å². The van der Waals surface area contributed by atoms with Crippen molar-refractivity contribution in [2.75, 3.05) is 14.2 Å². The Morgan fingerprint density at radius 2 is 0.923 bits per heavy atom.